The molecular formula is C29H28N4O5. The molecule has 4 N–H and O–H groups in total. The van der Waals surface area contributed by atoms with Gasteiger partial charge in [-0.15, -0.1) is 0 Å². The zero-order chi connectivity index (χ0) is 26.2. The number of furan rings is 1. The molecule has 1 unspecified atom stereocenters. The molecule has 1 atom stereocenters. The number of imidazole rings is 1. The monoisotopic (exact) mass is 512 g/mol. The second-order valence-electron chi connectivity index (χ2n) is 9.92. The Hall–Kier alpha value is -4.53. The van der Waals surface area contributed by atoms with Crippen LogP contribution in [0.4, 0.5) is 0 Å². The highest BCUT2D eigenvalue weighted by Gasteiger charge is 2.25. The summed E-state index contributed by atoms with van der Waals surface area (Å²) in [5.41, 5.74) is 4.31. The summed E-state index contributed by atoms with van der Waals surface area (Å²) in [5.74, 6) is -0.731. The molecular weight excluding hydrogens is 484 g/mol. The van der Waals surface area contributed by atoms with Crippen molar-refractivity contribution in [3.63, 3.8) is 0 Å². The van der Waals surface area contributed by atoms with E-state index >= 15 is 0 Å². The van der Waals surface area contributed by atoms with E-state index in [2.05, 4.69) is 14.9 Å². The number of carboxylic acids is 1. The van der Waals surface area contributed by atoms with E-state index in [1.54, 1.807) is 49.1 Å². The summed E-state index contributed by atoms with van der Waals surface area (Å²) >= 11 is 0. The highest BCUT2D eigenvalue weighted by molar-refractivity contribution is 5.99. The van der Waals surface area contributed by atoms with E-state index in [9.17, 15) is 19.8 Å². The van der Waals surface area contributed by atoms with Crippen molar-refractivity contribution in [2.24, 2.45) is 0 Å². The number of carbonyl (C=O) groups is 2. The van der Waals surface area contributed by atoms with Gasteiger partial charge in [-0.1, -0.05) is 19.3 Å². The van der Waals surface area contributed by atoms with Gasteiger partial charge in [-0.05, 0) is 60.9 Å². The first-order chi connectivity index (χ1) is 18.5. The molecule has 0 aliphatic heterocycles. The number of aromatic hydroxyl groups is 1. The van der Waals surface area contributed by atoms with E-state index in [0.29, 0.717) is 28.1 Å². The number of carbonyl (C=O) groups excluding carboxylic acids is 1. The standard InChI is InChI=1S/C29H28N4O5/c34-21-7-8-23-22(14-21)19(15-30-23)13-25(29(36)37)32-28(35)17-6-9-26-24(12-17)31-27(18-10-11-38-16-18)33(26)20-4-2-1-3-5-20/h6-12,14-16,20,25,30,34H,1-5,13H2,(H,32,35)(H,36,37). The molecule has 1 aliphatic rings. The molecule has 1 saturated carbocycles. The van der Waals surface area contributed by atoms with Crippen LogP contribution in [0.5, 0.6) is 5.75 Å². The normalized spacial score (nSPS) is 15.2. The lowest BCUT2D eigenvalue weighted by Gasteiger charge is -2.25. The number of nitrogens with one attached hydrogen (secondary N) is 2. The topological polar surface area (TPSA) is 133 Å². The molecule has 1 aliphatic carbocycles. The van der Waals surface area contributed by atoms with Crippen LogP contribution in [0, 0.1) is 0 Å². The third kappa shape index (κ3) is 4.40. The van der Waals surface area contributed by atoms with Crippen LogP contribution in [0.3, 0.4) is 0 Å². The highest BCUT2D eigenvalue weighted by atomic mass is 16.4. The number of amides is 1. The third-order valence-corrected chi connectivity index (χ3v) is 7.45. The number of phenolic OH excluding ortho intramolecular Hbond substituents is 1. The fraction of sp³-hybridized carbons (Fsp3) is 0.276. The molecule has 194 valence electrons. The molecule has 0 radical (unpaired) electrons. The van der Waals surface area contributed by atoms with Crippen molar-refractivity contribution < 1.29 is 24.2 Å². The molecule has 3 heterocycles. The number of benzene rings is 2. The molecule has 2 aromatic carbocycles. The summed E-state index contributed by atoms with van der Waals surface area (Å²) in [4.78, 5) is 33.2. The van der Waals surface area contributed by atoms with E-state index in [1.165, 1.54) is 19.3 Å². The van der Waals surface area contributed by atoms with Gasteiger partial charge in [-0.2, -0.15) is 0 Å². The summed E-state index contributed by atoms with van der Waals surface area (Å²) in [7, 11) is 0. The smallest absolute Gasteiger partial charge is 0.326 e. The van der Waals surface area contributed by atoms with Crippen LogP contribution in [-0.2, 0) is 11.2 Å². The number of fused-ring (bicyclic) bond motifs is 2. The maximum Gasteiger partial charge on any atom is 0.326 e. The van der Waals surface area contributed by atoms with Gasteiger partial charge < -0.3 is 29.5 Å². The Labute approximate surface area is 218 Å². The van der Waals surface area contributed by atoms with Crippen LogP contribution in [-0.4, -0.2) is 42.7 Å². The van der Waals surface area contributed by atoms with Crippen molar-refractivity contribution >= 4 is 33.8 Å². The first-order valence-corrected chi connectivity index (χ1v) is 12.8. The molecule has 9 nitrogen and oxygen atoms in total. The average Bonchev–Trinajstić information content (AvgIpc) is 3.67. The van der Waals surface area contributed by atoms with Gasteiger partial charge in [-0.3, -0.25) is 4.79 Å². The van der Waals surface area contributed by atoms with Gasteiger partial charge in [0, 0.05) is 35.1 Å². The second kappa shape index (κ2) is 9.74. The predicted molar refractivity (Wildman–Crippen MR) is 142 cm³/mol. The van der Waals surface area contributed by atoms with E-state index in [1.807, 2.05) is 12.1 Å². The number of carboxylic acid groups (broad SMARTS) is 1. The fourth-order valence-corrected chi connectivity index (χ4v) is 5.54. The summed E-state index contributed by atoms with van der Waals surface area (Å²) in [6.45, 7) is 0. The first kappa shape index (κ1) is 23.8. The Kier molecular flexibility index (Phi) is 6.11. The number of hydrogen-bond acceptors (Lipinski definition) is 5. The molecule has 5 aromatic rings. The van der Waals surface area contributed by atoms with Gasteiger partial charge in [0.25, 0.3) is 5.91 Å². The molecule has 0 saturated heterocycles. The Morgan fingerprint density at radius 3 is 2.74 bits per heavy atom. The number of aliphatic carboxylic acids is 1. The van der Waals surface area contributed by atoms with Gasteiger partial charge in [0.1, 0.15) is 23.9 Å². The first-order valence-electron chi connectivity index (χ1n) is 12.8. The van der Waals surface area contributed by atoms with E-state index < -0.39 is 17.9 Å². The van der Waals surface area contributed by atoms with E-state index in [-0.39, 0.29) is 12.2 Å². The van der Waals surface area contributed by atoms with Crippen LogP contribution in [0.15, 0.2) is 65.6 Å². The van der Waals surface area contributed by atoms with Gasteiger partial charge >= 0.3 is 5.97 Å². The Morgan fingerprint density at radius 1 is 1.13 bits per heavy atom. The molecule has 3 aromatic heterocycles. The molecule has 0 spiro atoms. The maximum atomic E-state index is 13.2. The molecule has 9 heteroatoms. The SMILES string of the molecule is O=C(NC(Cc1c[nH]c2ccc(O)cc12)C(=O)O)c1ccc2c(c1)nc(-c1ccoc1)n2C1CCCCC1. The Balaban J connectivity index is 1.29. The quantitative estimate of drug-likeness (QED) is 0.230. The van der Waals surface area contributed by atoms with Gasteiger partial charge in [0.2, 0.25) is 0 Å². The van der Waals surface area contributed by atoms with Crippen LogP contribution in [0.1, 0.15) is 54.1 Å². The summed E-state index contributed by atoms with van der Waals surface area (Å²) in [5, 5.41) is 23.1. The van der Waals surface area contributed by atoms with Crippen LogP contribution in [0.25, 0.3) is 33.3 Å². The number of H-pyrrole nitrogens is 1. The fourth-order valence-electron chi connectivity index (χ4n) is 5.54. The van der Waals surface area contributed by atoms with Gasteiger partial charge in [0.15, 0.2) is 0 Å². The van der Waals surface area contributed by atoms with Crippen molar-refractivity contribution in [1.82, 2.24) is 19.9 Å². The van der Waals surface area contributed by atoms with Crippen LogP contribution < -0.4 is 5.32 Å². The number of phenols is 1. The lowest BCUT2D eigenvalue weighted by atomic mass is 9.95. The number of nitrogens with zero attached hydrogens (tertiary/aromatic N) is 2. The van der Waals surface area contributed by atoms with Gasteiger partial charge in [-0.25, -0.2) is 9.78 Å². The molecule has 6 rings (SSSR count). The average molecular weight is 513 g/mol. The Bertz CT molecular complexity index is 1630. The molecule has 1 fully saturated rings. The highest BCUT2D eigenvalue weighted by Crippen LogP contribution is 2.36. The van der Waals surface area contributed by atoms with Crippen LogP contribution in [0.2, 0.25) is 0 Å². The van der Waals surface area contributed by atoms with Crippen LogP contribution >= 0.6 is 0 Å². The Morgan fingerprint density at radius 2 is 1.97 bits per heavy atom. The molecule has 0 bridgehead atoms. The minimum Gasteiger partial charge on any atom is -0.508 e. The minimum atomic E-state index is -1.15. The lowest BCUT2D eigenvalue weighted by molar-refractivity contribution is -0.139. The number of hydrogen-bond donors (Lipinski definition) is 4. The van der Waals surface area contributed by atoms with Crippen molar-refractivity contribution in [1.29, 1.82) is 0 Å². The lowest BCUT2D eigenvalue weighted by Crippen LogP contribution is -2.42. The van der Waals surface area contributed by atoms with Gasteiger partial charge in [0.05, 0.1) is 22.9 Å². The summed E-state index contributed by atoms with van der Waals surface area (Å²) < 4.78 is 7.58. The zero-order valence-electron chi connectivity index (χ0n) is 20.7. The number of rotatable bonds is 7. The van der Waals surface area contributed by atoms with Crippen molar-refractivity contribution in [3.8, 4) is 17.1 Å². The number of aromatic amines is 1. The second-order valence-corrected chi connectivity index (χ2v) is 9.92. The largest absolute Gasteiger partial charge is 0.508 e. The van der Waals surface area contributed by atoms with E-state index in [0.717, 1.165) is 35.3 Å². The van der Waals surface area contributed by atoms with Crippen molar-refractivity contribution in [2.45, 2.75) is 50.6 Å². The predicted octanol–water partition coefficient (Wildman–Crippen LogP) is 5.41. The van der Waals surface area contributed by atoms with E-state index in [4.69, 9.17) is 9.40 Å². The maximum absolute atomic E-state index is 13.2. The zero-order valence-corrected chi connectivity index (χ0v) is 20.7. The molecule has 1 amide bonds. The summed E-state index contributed by atoms with van der Waals surface area (Å²) in [6.07, 6.45) is 10.8. The number of aromatic nitrogens is 3. The van der Waals surface area contributed by atoms with Crippen molar-refractivity contribution in [3.05, 3.63) is 72.3 Å². The summed E-state index contributed by atoms with van der Waals surface area (Å²) in [6, 6.07) is 11.3. The third-order valence-electron chi connectivity index (χ3n) is 7.45. The minimum absolute atomic E-state index is 0.0632. The molecule has 38 heavy (non-hydrogen) atoms. The van der Waals surface area contributed by atoms with Crippen molar-refractivity contribution in [2.75, 3.05) is 0 Å².